The minimum atomic E-state index is -4.13. The van der Waals surface area contributed by atoms with Gasteiger partial charge in [-0.25, -0.2) is 0 Å². The molecule has 14 N–H and O–H groups in total. The van der Waals surface area contributed by atoms with Crippen LogP contribution in [0.25, 0.3) is 10.8 Å². The van der Waals surface area contributed by atoms with Gasteiger partial charge in [-0.1, -0.05) is 241 Å². The molecule has 0 aliphatic carbocycles. The lowest BCUT2D eigenvalue weighted by atomic mass is 10.0. The van der Waals surface area contributed by atoms with E-state index in [1.54, 1.807) is 115 Å². The molecule has 0 unspecified atom stereocenters. The van der Waals surface area contributed by atoms with E-state index in [1.165, 1.54) is 149 Å². The summed E-state index contributed by atoms with van der Waals surface area (Å²) in [4.78, 5) is -1.11. The van der Waals surface area contributed by atoms with Crippen molar-refractivity contribution >= 4 is 231 Å². The Labute approximate surface area is 867 Å². The Morgan fingerprint density at radius 2 is 0.402 bits per heavy atom. The lowest BCUT2D eigenvalue weighted by Crippen LogP contribution is -1.98. The molecule has 0 aliphatic heterocycles. The summed E-state index contributed by atoms with van der Waals surface area (Å²) in [7, 11) is -32.8. The third kappa shape index (κ3) is 72.4. The van der Waals surface area contributed by atoms with Gasteiger partial charge in [0.15, 0.2) is 139 Å². The number of para-hydroxylation sites is 2. The molecule has 132 heavy (non-hydrogen) atoms. The van der Waals surface area contributed by atoms with Gasteiger partial charge in [0.05, 0.1) is 34.3 Å². The lowest BCUT2D eigenvalue weighted by Gasteiger charge is -2.04. The first-order chi connectivity index (χ1) is 56.9. The molecule has 30 nitrogen and oxygen atoms in total. The Bertz CT molecular complexity index is 5140. The quantitative estimate of drug-likeness (QED) is 0.0203. The molecule has 46 heteroatoms. The molecule has 0 saturated carbocycles. The van der Waals surface area contributed by atoms with Gasteiger partial charge in [0.25, 0.3) is 80.9 Å². The Kier molecular flexibility index (Phi) is 91.8. The van der Waals surface area contributed by atoms with Crippen LogP contribution in [0.5, 0.6) is 34.5 Å². The summed E-state index contributed by atoms with van der Waals surface area (Å²) < 4.78 is 238. The summed E-state index contributed by atoms with van der Waals surface area (Å²) >= 11 is 0. The van der Waals surface area contributed by atoms with Crippen LogP contribution < -0.4 is 0 Å². The van der Waals surface area contributed by atoms with Crippen LogP contribution in [0.15, 0.2) is 312 Å². The highest BCUT2D eigenvalue weighted by molar-refractivity contribution is 7.87. The summed E-state index contributed by atoms with van der Waals surface area (Å²) in [5.41, 5.74) is 3.04. The SMILES string of the molecule is C.C.CC.CC.CC.CCCCCCCCCCCCc1ccc(S(=O)(=O)O)cc1.Cc1ccc(S(=O)(=O)O)cc1.Cc1ccc(S(=O)(=O)O)cc1.O=S(=O)(O)c1ccc(O)cc1.O=S(=O)(O)c1ccc(O)cc1.O=S(=O)(O)c1ccc(O)cc1.O=S(=O)(O)c1ccc(O)cc1.O=S(=O)(O)c1cccc2ccccc12.Oc1ccccc1.Oc1ccccc1.[AlH3].[AlH3].[AlH3].[AlH3].[AlH3].[AlH3].[AlH3].[AlH3]. The summed E-state index contributed by atoms with van der Waals surface area (Å²) in [6.45, 7) is 17.9. The molecule has 0 atom stereocenters. The monoisotopic (exact) mass is 2120 g/mol. The van der Waals surface area contributed by atoms with Crippen molar-refractivity contribution in [2.45, 2.75) is 187 Å². The van der Waals surface area contributed by atoms with Gasteiger partial charge in [0, 0.05) is 5.39 Å². The number of aryl methyl sites for hydroxylation is 3. The van der Waals surface area contributed by atoms with E-state index in [0.717, 1.165) is 83.4 Å². The van der Waals surface area contributed by atoms with Gasteiger partial charge in [-0.05, 0) is 201 Å². The zero-order valence-corrected chi connectivity index (χ0v) is 74.8. The number of hydrogen-bond acceptors (Lipinski definition) is 22. The third-order valence-electron chi connectivity index (χ3n) is 14.8. The highest BCUT2D eigenvalue weighted by Gasteiger charge is 2.15. The van der Waals surface area contributed by atoms with Crippen molar-refractivity contribution < 1.29 is 134 Å². The first kappa shape index (κ1) is 152. The van der Waals surface area contributed by atoms with Crippen LogP contribution in [-0.4, -0.2) is 273 Å². The zero-order chi connectivity index (χ0) is 93.6. The molecule has 736 valence electrons. The fourth-order valence-corrected chi connectivity index (χ4v) is 12.9. The predicted octanol–water partition coefficient (Wildman–Crippen LogP) is 10.2. The predicted molar refractivity (Wildman–Crippen MR) is 562 cm³/mol. The van der Waals surface area contributed by atoms with Gasteiger partial charge >= 0.3 is 0 Å². The number of aromatic hydroxyl groups is 6. The number of unbranched alkanes of at least 4 members (excludes halogenated alkanes) is 9. The molecule has 0 fully saturated rings. The largest absolute Gasteiger partial charge is 0.508 e. The zero-order valence-electron chi connectivity index (χ0n) is 68.3. The van der Waals surface area contributed by atoms with E-state index in [4.69, 9.17) is 67.1 Å². The van der Waals surface area contributed by atoms with Crippen molar-refractivity contribution in [2.75, 3.05) is 0 Å². The van der Waals surface area contributed by atoms with Crippen molar-refractivity contribution in [1.82, 2.24) is 0 Å². The maximum atomic E-state index is 11.0. The number of phenols is 6. The Hall–Kier alpha value is -5.98. The van der Waals surface area contributed by atoms with E-state index >= 15 is 0 Å². The summed E-state index contributed by atoms with van der Waals surface area (Å²) in [6.07, 6.45) is 14.1. The van der Waals surface area contributed by atoms with Crippen LogP contribution in [0, 0.1) is 13.8 Å². The summed E-state index contributed by atoms with van der Waals surface area (Å²) in [6, 6.07) is 66.1. The minimum Gasteiger partial charge on any atom is -0.508 e. The van der Waals surface area contributed by atoms with Crippen molar-refractivity contribution in [3.8, 4) is 34.5 Å². The first-order valence-electron chi connectivity index (χ1n) is 37.1. The fourth-order valence-electron chi connectivity index (χ4n) is 8.81. The van der Waals surface area contributed by atoms with Crippen LogP contribution in [0.3, 0.4) is 0 Å². The lowest BCUT2D eigenvalue weighted by molar-refractivity contribution is 0.471. The average molecular weight is 2130 g/mol. The number of hydrogen-bond donors (Lipinski definition) is 14. The molecule has 0 spiro atoms. The van der Waals surface area contributed by atoms with Crippen LogP contribution in [0.1, 0.15) is 144 Å². The molecule has 11 rings (SSSR count). The summed E-state index contributed by atoms with van der Waals surface area (Å²) in [5, 5.41) is 53.6. The van der Waals surface area contributed by atoms with Crippen LogP contribution in [-0.2, 0) is 87.4 Å². The van der Waals surface area contributed by atoms with Gasteiger partial charge < -0.3 is 30.6 Å². The van der Waals surface area contributed by atoms with E-state index in [0.29, 0.717) is 16.9 Å². The average Bonchev–Trinajstić information content (AvgIpc) is 0.797. The van der Waals surface area contributed by atoms with Gasteiger partial charge in [-0.15, -0.1) is 0 Å². The molecule has 0 amide bonds. The minimum absolute atomic E-state index is 0. The molecule has 0 heterocycles. The second kappa shape index (κ2) is 80.0. The maximum absolute atomic E-state index is 11.0. The normalized spacial score (nSPS) is 9.95. The van der Waals surface area contributed by atoms with Crippen LogP contribution in [0.2, 0.25) is 0 Å². The molecule has 0 saturated heterocycles. The van der Waals surface area contributed by atoms with Crippen LogP contribution in [0.4, 0.5) is 0 Å². The smallest absolute Gasteiger partial charge is 0.295 e. The molecule has 0 aliphatic rings. The van der Waals surface area contributed by atoms with Gasteiger partial charge in [-0.3, -0.25) is 36.4 Å². The van der Waals surface area contributed by atoms with Crippen molar-refractivity contribution in [2.24, 2.45) is 0 Å². The Morgan fingerprint density at radius 1 is 0.212 bits per heavy atom. The van der Waals surface area contributed by atoms with E-state index in [-0.39, 0.29) is 216 Å². The van der Waals surface area contributed by atoms with E-state index in [2.05, 4.69) is 6.92 Å². The highest BCUT2D eigenvalue weighted by atomic mass is 32.2. The number of rotatable bonds is 19. The fraction of sp³-hybridized carbons (Fsp3) is 0.256. The molecule has 0 bridgehead atoms. The third-order valence-corrected chi connectivity index (χ3v) is 21.7. The number of fused-ring (bicyclic) bond motifs is 1. The number of phenolic OH excluding ortho intramolecular Hbond substituents is 6. The second-order valence-electron chi connectivity index (χ2n) is 24.1. The van der Waals surface area contributed by atoms with E-state index in [1.807, 2.05) is 73.6 Å². The standard InChI is InChI=1S/C18H30O3S.C10H8O3S.2C7H8O3S.4C6H6O4S.2C6H6O.3C2H6.2CH4.8Al.24H/c1-2-3-4-5-6-7-8-9-10-11-12-17-13-15-18(16-14-17)22(19,20)21;11-14(12,13)10-7-3-5-8-4-1-2-6-9(8)10;2*1-6-2-4-7(5-3-6)11(8,9)10;4*7-5-1-3-6(4-2-5)11(8,9)10;2*7-6-4-2-1-3-5-6;3*1-2;;;;;;;;;;;;;;;;;;;;;;;;;;;;;;;;;;/h13-16H,2-12H2,1H3,(H,19,20,21);1-7H,(H,11,12,13);2*2-5H,1H3,(H,8,9,10);4*1-4,7H,(H,8,9,10);2*1-5,7H;3*1-2H3;2*1H4;;;;;;;;;;;;;;;;;;;;;;;;;;;;;;;;. The highest BCUT2D eigenvalue weighted by Crippen LogP contribution is 2.24. The molecule has 0 radical (unpaired) electrons. The van der Waals surface area contributed by atoms with Crippen molar-refractivity contribution in [1.29, 1.82) is 0 Å². The Morgan fingerprint density at radius 3 is 0.614 bits per heavy atom. The van der Waals surface area contributed by atoms with Crippen LogP contribution >= 0.6 is 0 Å². The molecule has 0 aromatic heterocycles. The molecular formula is C86H140Al8O30S8. The maximum Gasteiger partial charge on any atom is 0.295 e. The van der Waals surface area contributed by atoms with Gasteiger partial charge in [-0.2, -0.15) is 67.3 Å². The first-order valence-corrected chi connectivity index (χ1v) is 48.6. The Balaban J connectivity index is -0.000000121. The number of benzene rings is 11. The second-order valence-corrected chi connectivity index (χ2v) is 35.5. The molecule has 11 aromatic carbocycles. The van der Waals surface area contributed by atoms with Gasteiger partial charge in [0.1, 0.15) is 39.4 Å². The topological polar surface area (TPSA) is 556 Å². The molecular weight excluding hydrogens is 1990 g/mol. The summed E-state index contributed by atoms with van der Waals surface area (Å²) in [5.74, 6) is 0.467. The van der Waals surface area contributed by atoms with Crippen molar-refractivity contribution in [3.63, 3.8) is 0 Å². The van der Waals surface area contributed by atoms with E-state index < -0.39 is 80.9 Å². The van der Waals surface area contributed by atoms with E-state index in [9.17, 15) is 67.3 Å². The van der Waals surface area contributed by atoms with Gasteiger partial charge in [0.2, 0.25) is 0 Å². The van der Waals surface area contributed by atoms with Crippen molar-refractivity contribution in [3.05, 3.63) is 290 Å². The molecule has 11 aromatic rings.